The van der Waals surface area contributed by atoms with Crippen molar-refractivity contribution in [2.75, 3.05) is 22.6 Å². The highest BCUT2D eigenvalue weighted by atomic mass is 32.2. The van der Waals surface area contributed by atoms with Crippen molar-refractivity contribution in [3.05, 3.63) is 18.2 Å². The van der Waals surface area contributed by atoms with E-state index in [2.05, 4.69) is 10.3 Å². The number of nitrogens with zero attached hydrogens (tertiary/aromatic N) is 1. The smallest absolute Gasteiger partial charge is 0.184 e. The number of rotatable bonds is 2. The predicted molar refractivity (Wildman–Crippen MR) is 78.6 cm³/mol. The Balaban J connectivity index is 1.76. The number of aromatic nitrogens is 1. The van der Waals surface area contributed by atoms with E-state index in [0.29, 0.717) is 6.04 Å². The summed E-state index contributed by atoms with van der Waals surface area (Å²) in [7, 11) is -0.610. The lowest BCUT2D eigenvalue weighted by atomic mass is 10.2. The summed E-state index contributed by atoms with van der Waals surface area (Å²) < 4.78 is 12.4. The van der Waals surface area contributed by atoms with Gasteiger partial charge in [0.2, 0.25) is 0 Å². The second-order valence-electron chi connectivity index (χ2n) is 4.51. The largest absolute Gasteiger partial charge is 0.399 e. The van der Waals surface area contributed by atoms with Gasteiger partial charge < -0.3 is 11.1 Å². The van der Waals surface area contributed by atoms with Crippen LogP contribution in [0.5, 0.6) is 0 Å². The molecule has 0 bridgehead atoms. The van der Waals surface area contributed by atoms with Crippen molar-refractivity contribution < 1.29 is 4.21 Å². The molecule has 1 saturated heterocycles. The van der Waals surface area contributed by atoms with Crippen LogP contribution in [0.1, 0.15) is 12.8 Å². The van der Waals surface area contributed by atoms with E-state index >= 15 is 0 Å². The lowest BCUT2D eigenvalue weighted by molar-refractivity contribution is 0.624. The molecule has 3 N–H and O–H groups in total. The van der Waals surface area contributed by atoms with Gasteiger partial charge in [-0.1, -0.05) is 11.3 Å². The lowest BCUT2D eigenvalue weighted by Crippen LogP contribution is -2.29. The van der Waals surface area contributed by atoms with Crippen LogP contribution in [0.2, 0.25) is 0 Å². The van der Waals surface area contributed by atoms with Gasteiger partial charge in [-0.2, -0.15) is 0 Å². The first kappa shape index (κ1) is 11.9. The van der Waals surface area contributed by atoms with E-state index in [9.17, 15) is 4.21 Å². The SMILES string of the molecule is Nc1ccc2nc(NC3CCS(=O)CC3)sc2c1. The Morgan fingerprint density at radius 3 is 2.94 bits per heavy atom. The van der Waals surface area contributed by atoms with Crippen molar-refractivity contribution >= 4 is 43.2 Å². The Morgan fingerprint density at radius 2 is 2.17 bits per heavy atom. The lowest BCUT2D eigenvalue weighted by Gasteiger charge is -2.21. The topological polar surface area (TPSA) is 68.0 Å². The third-order valence-electron chi connectivity index (χ3n) is 3.13. The number of nitrogens with two attached hydrogens (primary N) is 1. The highest BCUT2D eigenvalue weighted by Gasteiger charge is 2.18. The molecule has 4 nitrogen and oxygen atoms in total. The second-order valence-corrected chi connectivity index (χ2v) is 7.24. The summed E-state index contributed by atoms with van der Waals surface area (Å²) in [6.45, 7) is 0. The molecular weight excluding hydrogens is 266 g/mol. The molecule has 0 aliphatic carbocycles. The van der Waals surface area contributed by atoms with Crippen molar-refractivity contribution in [1.82, 2.24) is 4.98 Å². The molecule has 0 spiro atoms. The molecule has 0 unspecified atom stereocenters. The van der Waals surface area contributed by atoms with Crippen LogP contribution in [0, 0.1) is 0 Å². The third kappa shape index (κ3) is 2.49. The maximum Gasteiger partial charge on any atom is 0.184 e. The molecule has 2 heterocycles. The molecule has 1 aliphatic heterocycles. The van der Waals surface area contributed by atoms with Gasteiger partial charge >= 0.3 is 0 Å². The van der Waals surface area contributed by atoms with Crippen molar-refractivity contribution in [1.29, 1.82) is 0 Å². The predicted octanol–water partition coefficient (Wildman–Crippen LogP) is 2.20. The number of fused-ring (bicyclic) bond motifs is 1. The third-order valence-corrected chi connectivity index (χ3v) is 5.46. The molecule has 18 heavy (non-hydrogen) atoms. The monoisotopic (exact) mass is 281 g/mol. The van der Waals surface area contributed by atoms with E-state index in [-0.39, 0.29) is 0 Å². The molecule has 0 saturated carbocycles. The normalized spacial score (nSPS) is 24.2. The Bertz CT molecular complexity index is 586. The Morgan fingerprint density at radius 1 is 1.39 bits per heavy atom. The van der Waals surface area contributed by atoms with Crippen LogP contribution in [-0.2, 0) is 10.8 Å². The second kappa shape index (κ2) is 4.85. The first-order valence-corrected chi connectivity index (χ1v) is 8.29. The van der Waals surface area contributed by atoms with E-state index < -0.39 is 10.8 Å². The maximum absolute atomic E-state index is 11.3. The highest BCUT2D eigenvalue weighted by molar-refractivity contribution is 7.85. The number of benzene rings is 1. The summed E-state index contributed by atoms with van der Waals surface area (Å²) in [6.07, 6.45) is 1.93. The average Bonchev–Trinajstić information content (AvgIpc) is 2.73. The van der Waals surface area contributed by atoms with Crippen molar-refractivity contribution in [2.24, 2.45) is 0 Å². The zero-order chi connectivity index (χ0) is 12.5. The van der Waals surface area contributed by atoms with Crippen molar-refractivity contribution in [3.63, 3.8) is 0 Å². The van der Waals surface area contributed by atoms with Gasteiger partial charge in [0.25, 0.3) is 0 Å². The molecule has 3 rings (SSSR count). The Hall–Kier alpha value is -1.14. The minimum Gasteiger partial charge on any atom is -0.399 e. The molecule has 1 fully saturated rings. The van der Waals surface area contributed by atoms with Gasteiger partial charge in [0.15, 0.2) is 5.13 Å². The van der Waals surface area contributed by atoms with Gasteiger partial charge in [0.05, 0.1) is 10.2 Å². The van der Waals surface area contributed by atoms with Gasteiger partial charge in [0.1, 0.15) is 0 Å². The van der Waals surface area contributed by atoms with Gasteiger partial charge in [-0.3, -0.25) is 4.21 Å². The van der Waals surface area contributed by atoms with Crippen LogP contribution < -0.4 is 11.1 Å². The minimum absolute atomic E-state index is 0.403. The van der Waals surface area contributed by atoms with Gasteiger partial charge in [-0.05, 0) is 31.0 Å². The summed E-state index contributed by atoms with van der Waals surface area (Å²) in [5.41, 5.74) is 7.51. The molecule has 96 valence electrons. The van der Waals surface area contributed by atoms with Crippen LogP contribution in [0.15, 0.2) is 18.2 Å². The minimum atomic E-state index is -0.610. The fourth-order valence-electron chi connectivity index (χ4n) is 2.12. The molecule has 0 radical (unpaired) electrons. The van der Waals surface area contributed by atoms with Crippen LogP contribution in [0.25, 0.3) is 10.2 Å². The average molecular weight is 281 g/mol. The molecular formula is C12H15N3OS2. The zero-order valence-corrected chi connectivity index (χ0v) is 11.5. The van der Waals surface area contributed by atoms with Gasteiger partial charge in [0, 0.05) is 34.0 Å². The first-order chi connectivity index (χ1) is 8.70. The number of thiazole rings is 1. The number of nitrogen functional groups attached to an aromatic ring is 1. The fraction of sp³-hybridized carbons (Fsp3) is 0.417. The Kier molecular flexibility index (Phi) is 3.22. The summed E-state index contributed by atoms with van der Waals surface area (Å²) in [5.74, 6) is 1.60. The highest BCUT2D eigenvalue weighted by Crippen LogP contribution is 2.28. The number of hydrogen-bond donors (Lipinski definition) is 2. The van der Waals surface area contributed by atoms with Crippen molar-refractivity contribution in [2.45, 2.75) is 18.9 Å². The van der Waals surface area contributed by atoms with E-state index in [1.54, 1.807) is 11.3 Å². The van der Waals surface area contributed by atoms with E-state index in [1.807, 2.05) is 18.2 Å². The Labute approximate surface area is 112 Å². The summed E-state index contributed by atoms with van der Waals surface area (Å²) in [4.78, 5) is 4.54. The molecule has 1 aromatic heterocycles. The fourth-order valence-corrected chi connectivity index (χ4v) is 4.41. The molecule has 2 aromatic rings. The van der Waals surface area contributed by atoms with E-state index in [0.717, 1.165) is 45.4 Å². The number of anilines is 2. The van der Waals surface area contributed by atoms with Crippen LogP contribution >= 0.6 is 11.3 Å². The van der Waals surface area contributed by atoms with Gasteiger partial charge in [-0.15, -0.1) is 0 Å². The van der Waals surface area contributed by atoms with Crippen LogP contribution in [0.3, 0.4) is 0 Å². The standard InChI is InChI=1S/C12H15N3OS2/c13-8-1-2-10-11(7-8)17-12(15-10)14-9-3-5-18(16)6-4-9/h1-2,7,9H,3-6,13H2,(H,14,15). The molecule has 1 aromatic carbocycles. The maximum atomic E-state index is 11.3. The van der Waals surface area contributed by atoms with Crippen LogP contribution in [-0.4, -0.2) is 26.7 Å². The summed E-state index contributed by atoms with van der Waals surface area (Å²) >= 11 is 1.63. The molecule has 0 atom stereocenters. The quantitative estimate of drug-likeness (QED) is 0.828. The number of nitrogens with one attached hydrogen (secondary N) is 1. The molecule has 6 heteroatoms. The zero-order valence-electron chi connectivity index (χ0n) is 9.89. The molecule has 1 aliphatic rings. The molecule has 0 amide bonds. The van der Waals surface area contributed by atoms with Gasteiger partial charge in [-0.25, -0.2) is 4.98 Å². The number of hydrogen-bond acceptors (Lipinski definition) is 5. The summed E-state index contributed by atoms with van der Waals surface area (Å²) in [6, 6.07) is 6.17. The van der Waals surface area contributed by atoms with E-state index in [1.165, 1.54) is 0 Å². The van der Waals surface area contributed by atoms with E-state index in [4.69, 9.17) is 5.73 Å². The van der Waals surface area contributed by atoms with Crippen LogP contribution in [0.4, 0.5) is 10.8 Å². The van der Waals surface area contributed by atoms with Crippen molar-refractivity contribution in [3.8, 4) is 0 Å². The summed E-state index contributed by atoms with van der Waals surface area (Å²) in [5, 5.41) is 4.38. The first-order valence-electron chi connectivity index (χ1n) is 5.98.